The summed E-state index contributed by atoms with van der Waals surface area (Å²) in [6, 6.07) is 17.4. The molecule has 3 heterocycles. The first-order valence-corrected chi connectivity index (χ1v) is 11.7. The van der Waals surface area contributed by atoms with E-state index in [1.54, 1.807) is 16.8 Å². The molecule has 3 aliphatic heterocycles. The molecule has 168 valence electrons. The lowest BCUT2D eigenvalue weighted by atomic mass is 9.73. The molecule has 6 heteroatoms. The van der Waals surface area contributed by atoms with Crippen LogP contribution >= 0.6 is 0 Å². The van der Waals surface area contributed by atoms with Gasteiger partial charge in [-0.1, -0.05) is 55.0 Å². The Labute approximate surface area is 192 Å². The number of carbonyl (C=O) groups is 3. The van der Waals surface area contributed by atoms with Crippen molar-refractivity contribution in [3.8, 4) is 0 Å². The normalized spacial score (nSPS) is 28.2. The van der Waals surface area contributed by atoms with Gasteiger partial charge in [-0.2, -0.15) is 0 Å². The second-order valence-corrected chi connectivity index (χ2v) is 9.40. The lowest BCUT2D eigenvalue weighted by Crippen LogP contribution is -2.54. The third kappa shape index (κ3) is 2.63. The zero-order valence-electron chi connectivity index (χ0n) is 18.6. The van der Waals surface area contributed by atoms with E-state index in [1.165, 1.54) is 0 Å². The quantitative estimate of drug-likeness (QED) is 0.731. The molecule has 6 nitrogen and oxygen atoms in total. The zero-order valence-corrected chi connectivity index (χ0v) is 18.6. The number of fused-ring (bicyclic) bond motifs is 4. The van der Waals surface area contributed by atoms with Crippen molar-refractivity contribution in [2.45, 2.75) is 43.7 Å². The van der Waals surface area contributed by atoms with Crippen LogP contribution in [0.25, 0.3) is 0 Å². The van der Waals surface area contributed by atoms with Crippen molar-refractivity contribution in [3.05, 3.63) is 77.1 Å². The van der Waals surface area contributed by atoms with Gasteiger partial charge in [-0.3, -0.25) is 14.4 Å². The van der Waals surface area contributed by atoms with Gasteiger partial charge in [0.25, 0.3) is 11.8 Å². The van der Waals surface area contributed by atoms with E-state index in [-0.39, 0.29) is 41.0 Å². The number of hydrogen-bond donors (Lipinski definition) is 0. The number of ether oxygens (including phenoxy) is 1. The molecule has 0 saturated heterocycles. The van der Waals surface area contributed by atoms with Gasteiger partial charge in [0.2, 0.25) is 0 Å². The number of benzene rings is 2. The highest BCUT2D eigenvalue weighted by molar-refractivity contribution is 6.23. The minimum atomic E-state index is -1.45. The molecule has 0 aromatic heterocycles. The average molecular weight is 443 g/mol. The maximum absolute atomic E-state index is 14.0. The fraction of sp³-hybridized carbons (Fsp3) is 0.370. The van der Waals surface area contributed by atoms with Crippen LogP contribution < -0.4 is 4.90 Å². The molecule has 0 radical (unpaired) electrons. The summed E-state index contributed by atoms with van der Waals surface area (Å²) in [7, 11) is 1.71. The summed E-state index contributed by atoms with van der Waals surface area (Å²) in [5.74, 6) is -0.898. The van der Waals surface area contributed by atoms with Gasteiger partial charge in [0.1, 0.15) is 6.10 Å². The Morgan fingerprint density at radius 2 is 1.70 bits per heavy atom. The van der Waals surface area contributed by atoms with Gasteiger partial charge in [-0.15, -0.1) is 0 Å². The van der Waals surface area contributed by atoms with Crippen LogP contribution in [0.5, 0.6) is 0 Å². The Bertz CT molecular complexity index is 1200. The highest BCUT2D eigenvalue weighted by Crippen LogP contribution is 2.56. The van der Waals surface area contributed by atoms with E-state index in [0.717, 1.165) is 36.9 Å². The molecule has 0 bridgehead atoms. The molecule has 0 N–H and O–H groups in total. The summed E-state index contributed by atoms with van der Waals surface area (Å²) in [6.07, 6.45) is 3.75. The van der Waals surface area contributed by atoms with Crippen LogP contribution in [0.3, 0.4) is 0 Å². The molecule has 1 aliphatic carbocycles. The Hall–Kier alpha value is -3.41. The summed E-state index contributed by atoms with van der Waals surface area (Å²) in [6.45, 7) is 0.315. The number of hydrogen-bond acceptors (Lipinski definition) is 4. The van der Waals surface area contributed by atoms with E-state index in [4.69, 9.17) is 4.74 Å². The van der Waals surface area contributed by atoms with E-state index in [2.05, 4.69) is 0 Å². The van der Waals surface area contributed by atoms with Crippen molar-refractivity contribution in [3.63, 3.8) is 0 Å². The standard InChI is InChI=1S/C27H26N2O4/c1-28-20-13-7-6-12-19(20)27(26(28)32)22-23(30)18-11-5-8-14-21(18)33-24(22)25(31)29(27)16-15-17-9-3-2-4-10-17/h2-4,6-7,9-10,12-13,18,21H,5,8,11,14-16H2,1H3. The average Bonchev–Trinajstić information content (AvgIpc) is 3.23. The molecular weight excluding hydrogens is 416 g/mol. The number of Topliss-reactive ketones (excluding diaryl/α,β-unsaturated/α-hetero) is 1. The molecule has 33 heavy (non-hydrogen) atoms. The summed E-state index contributed by atoms with van der Waals surface area (Å²) in [4.78, 5) is 45.0. The zero-order chi connectivity index (χ0) is 22.7. The fourth-order valence-corrected chi connectivity index (χ4v) is 6.15. The maximum Gasteiger partial charge on any atom is 0.290 e. The Balaban J connectivity index is 1.52. The van der Waals surface area contributed by atoms with Gasteiger partial charge in [-0.05, 0) is 37.3 Å². The highest BCUT2D eigenvalue weighted by Gasteiger charge is 2.67. The van der Waals surface area contributed by atoms with Gasteiger partial charge in [0.15, 0.2) is 17.1 Å². The first-order valence-electron chi connectivity index (χ1n) is 11.7. The minimum Gasteiger partial charge on any atom is -0.483 e. The first kappa shape index (κ1) is 20.2. The minimum absolute atomic E-state index is 0.0880. The topological polar surface area (TPSA) is 66.9 Å². The second-order valence-electron chi connectivity index (χ2n) is 9.40. The van der Waals surface area contributed by atoms with Crippen LogP contribution in [0.15, 0.2) is 65.9 Å². The van der Waals surface area contributed by atoms with E-state index in [1.807, 2.05) is 54.6 Å². The number of carbonyl (C=O) groups excluding carboxylic acids is 3. The molecule has 6 rings (SSSR count). The number of ketones is 1. The highest BCUT2D eigenvalue weighted by atomic mass is 16.5. The number of amides is 2. The largest absolute Gasteiger partial charge is 0.483 e. The summed E-state index contributed by atoms with van der Waals surface area (Å²) >= 11 is 0. The predicted molar refractivity (Wildman–Crippen MR) is 122 cm³/mol. The van der Waals surface area contributed by atoms with Crippen molar-refractivity contribution < 1.29 is 19.1 Å². The molecule has 1 fully saturated rings. The molecule has 2 aromatic carbocycles. The van der Waals surface area contributed by atoms with Crippen LogP contribution in [0.1, 0.15) is 36.8 Å². The maximum atomic E-state index is 14.0. The Kier molecular flexibility index (Phi) is 4.47. The van der Waals surface area contributed by atoms with Gasteiger partial charge in [0.05, 0.1) is 11.5 Å². The van der Waals surface area contributed by atoms with Crippen molar-refractivity contribution in [2.24, 2.45) is 5.92 Å². The molecule has 1 spiro atoms. The van der Waals surface area contributed by atoms with E-state index in [0.29, 0.717) is 18.5 Å². The molecule has 3 unspecified atom stereocenters. The van der Waals surface area contributed by atoms with Crippen molar-refractivity contribution in [1.82, 2.24) is 4.90 Å². The van der Waals surface area contributed by atoms with Crippen LogP contribution in [0, 0.1) is 5.92 Å². The van der Waals surface area contributed by atoms with Gasteiger partial charge < -0.3 is 14.5 Å². The summed E-state index contributed by atoms with van der Waals surface area (Å²) in [5, 5.41) is 0. The van der Waals surface area contributed by atoms with Crippen LogP contribution in [0.4, 0.5) is 5.69 Å². The number of likely N-dealkylation sites (N-methyl/N-ethyl adjacent to an activating group) is 1. The van der Waals surface area contributed by atoms with Gasteiger partial charge in [0, 0.05) is 24.8 Å². The van der Waals surface area contributed by atoms with Crippen molar-refractivity contribution >= 4 is 23.3 Å². The molecular formula is C27H26N2O4. The smallest absolute Gasteiger partial charge is 0.290 e. The van der Waals surface area contributed by atoms with E-state index >= 15 is 0 Å². The lowest BCUT2D eigenvalue weighted by Gasteiger charge is -2.38. The van der Waals surface area contributed by atoms with E-state index in [9.17, 15) is 14.4 Å². The van der Waals surface area contributed by atoms with Crippen molar-refractivity contribution in [1.29, 1.82) is 0 Å². The molecule has 2 aromatic rings. The van der Waals surface area contributed by atoms with Crippen LogP contribution in [-0.2, 0) is 31.1 Å². The van der Waals surface area contributed by atoms with Crippen LogP contribution in [0.2, 0.25) is 0 Å². The molecule has 1 saturated carbocycles. The third-order valence-electron chi connectivity index (χ3n) is 7.72. The Morgan fingerprint density at radius 1 is 0.970 bits per heavy atom. The number of para-hydroxylation sites is 1. The first-order chi connectivity index (χ1) is 16.0. The number of rotatable bonds is 3. The lowest BCUT2D eigenvalue weighted by molar-refractivity contribution is -0.140. The molecule has 3 atom stereocenters. The summed E-state index contributed by atoms with van der Waals surface area (Å²) in [5.41, 5.74) is 1.29. The summed E-state index contributed by atoms with van der Waals surface area (Å²) < 4.78 is 6.26. The third-order valence-corrected chi connectivity index (χ3v) is 7.72. The monoisotopic (exact) mass is 442 g/mol. The molecule has 4 aliphatic rings. The fourth-order valence-electron chi connectivity index (χ4n) is 6.15. The van der Waals surface area contributed by atoms with E-state index < -0.39 is 5.54 Å². The number of anilines is 1. The van der Waals surface area contributed by atoms with Crippen molar-refractivity contribution in [2.75, 3.05) is 18.5 Å². The molecule has 2 amide bonds. The van der Waals surface area contributed by atoms with Crippen LogP contribution in [-0.4, -0.2) is 42.2 Å². The second kappa shape index (κ2) is 7.30. The Morgan fingerprint density at radius 3 is 2.52 bits per heavy atom. The SMILES string of the molecule is CN1C(=O)C2(C3=C(OC4CCCCC4C3=O)C(=O)N2CCc2ccccc2)c2ccccc21. The van der Waals surface area contributed by atoms with Gasteiger partial charge >= 0.3 is 0 Å². The predicted octanol–water partition coefficient (Wildman–Crippen LogP) is 3.36. The van der Waals surface area contributed by atoms with Gasteiger partial charge in [-0.25, -0.2) is 0 Å². The number of nitrogens with zero attached hydrogens (tertiary/aromatic N) is 2.